The lowest BCUT2D eigenvalue weighted by atomic mass is 10.1. The van der Waals surface area contributed by atoms with Crippen LogP contribution in [0.4, 0.5) is 22.7 Å². The summed E-state index contributed by atoms with van der Waals surface area (Å²) < 4.78 is 0. The topological polar surface area (TPSA) is 81.2 Å². The van der Waals surface area contributed by atoms with Gasteiger partial charge in [0.15, 0.2) is 12.3 Å². The van der Waals surface area contributed by atoms with E-state index in [1.807, 2.05) is 24.3 Å². The Kier molecular flexibility index (Phi) is 5.69. The number of carbonyl (C=O) groups is 4. The van der Waals surface area contributed by atoms with Crippen molar-refractivity contribution in [1.29, 1.82) is 0 Å². The highest BCUT2D eigenvalue weighted by Gasteiger charge is 2.59. The second-order valence-corrected chi connectivity index (χ2v) is 8.87. The average Bonchev–Trinajstić information content (AvgIpc) is 3.39. The van der Waals surface area contributed by atoms with Crippen LogP contribution in [0.5, 0.6) is 0 Å². The Morgan fingerprint density at radius 2 is 0.500 bits per heavy atom. The summed E-state index contributed by atoms with van der Waals surface area (Å²) in [7, 11) is 0. The van der Waals surface area contributed by atoms with Gasteiger partial charge in [0.1, 0.15) is 0 Å². The Labute approximate surface area is 218 Å². The number of carbonyl (C=O) groups excluding carboxylic acids is 4. The fourth-order valence-corrected chi connectivity index (χ4v) is 5.09. The maximum Gasteiger partial charge on any atom is 0.318 e. The van der Waals surface area contributed by atoms with E-state index in [9.17, 15) is 19.2 Å². The number of hydrogen-bond donors (Lipinski definition) is 0. The molecule has 0 bridgehead atoms. The van der Waals surface area contributed by atoms with Gasteiger partial charge in [0.05, 0.1) is 0 Å². The van der Waals surface area contributed by atoms with Crippen molar-refractivity contribution in [3.63, 3.8) is 0 Å². The molecule has 0 unspecified atom stereocenters. The lowest BCUT2D eigenvalue weighted by Crippen LogP contribution is -2.60. The van der Waals surface area contributed by atoms with Crippen molar-refractivity contribution in [2.45, 2.75) is 12.3 Å². The Balaban J connectivity index is 1.62. The van der Waals surface area contributed by atoms with E-state index in [-0.39, 0.29) is 0 Å². The molecule has 186 valence electrons. The molecule has 0 spiro atoms. The first-order valence-electron chi connectivity index (χ1n) is 12.1. The predicted octanol–water partition coefficient (Wildman–Crippen LogP) is 3.80. The number of rotatable bonds is 5. The largest absolute Gasteiger partial charge is 0.318 e. The van der Waals surface area contributed by atoms with E-state index in [2.05, 4.69) is 0 Å². The molecule has 0 saturated carbocycles. The number of amides is 4. The summed E-state index contributed by atoms with van der Waals surface area (Å²) in [6.07, 6.45) is -2.12. The zero-order valence-electron chi connectivity index (χ0n) is 20.1. The Hall–Kier alpha value is -5.24. The van der Waals surface area contributed by atoms with Crippen LogP contribution in [0.3, 0.4) is 0 Å². The Morgan fingerprint density at radius 1 is 0.316 bits per heavy atom. The van der Waals surface area contributed by atoms with Crippen LogP contribution in [-0.2, 0) is 19.2 Å². The molecule has 0 aliphatic carbocycles. The minimum absolute atomic E-state index is 0.474. The first-order valence-corrected chi connectivity index (χ1v) is 12.1. The molecule has 8 nitrogen and oxygen atoms in total. The molecule has 0 atom stereocenters. The maximum absolute atomic E-state index is 13.6. The van der Waals surface area contributed by atoms with E-state index < -0.39 is 36.0 Å². The second-order valence-electron chi connectivity index (χ2n) is 8.87. The van der Waals surface area contributed by atoms with Gasteiger partial charge in [-0.05, 0) is 48.5 Å². The molecule has 0 aromatic heterocycles. The summed E-state index contributed by atoms with van der Waals surface area (Å²) in [5.41, 5.74) is 1.90. The fraction of sp³-hybridized carbons (Fsp3) is 0.0667. The minimum Gasteiger partial charge on any atom is -0.279 e. The SMILES string of the molecule is O=C1C(=O)N(c2ccccc2)C(C2N(c3ccccc3)C(=O)C(=O)N2c2ccccc2)N1c1ccccc1. The van der Waals surface area contributed by atoms with Crippen LogP contribution in [0.25, 0.3) is 0 Å². The number of benzene rings is 4. The van der Waals surface area contributed by atoms with E-state index in [0.29, 0.717) is 22.7 Å². The highest BCUT2D eigenvalue weighted by Crippen LogP contribution is 2.39. The normalized spacial score (nSPS) is 16.7. The molecule has 4 amide bonds. The van der Waals surface area contributed by atoms with Crippen LogP contribution in [0.2, 0.25) is 0 Å². The average molecular weight is 503 g/mol. The first kappa shape index (κ1) is 23.2. The lowest BCUT2D eigenvalue weighted by molar-refractivity contribution is -0.133. The number of para-hydroxylation sites is 4. The summed E-state index contributed by atoms with van der Waals surface area (Å²) >= 11 is 0. The molecule has 0 radical (unpaired) electrons. The highest BCUT2D eigenvalue weighted by molar-refractivity contribution is 6.50. The van der Waals surface area contributed by atoms with Crippen LogP contribution >= 0.6 is 0 Å². The van der Waals surface area contributed by atoms with Crippen LogP contribution in [0, 0.1) is 0 Å². The van der Waals surface area contributed by atoms with Gasteiger partial charge in [0.2, 0.25) is 0 Å². The van der Waals surface area contributed by atoms with Crippen molar-refractivity contribution in [3.8, 4) is 0 Å². The van der Waals surface area contributed by atoms with E-state index in [1.54, 1.807) is 97.1 Å². The first-order chi connectivity index (χ1) is 18.6. The molecule has 6 rings (SSSR count). The summed E-state index contributed by atoms with van der Waals surface area (Å²) in [5.74, 6) is -3.01. The van der Waals surface area contributed by atoms with Gasteiger partial charge in [-0.1, -0.05) is 72.8 Å². The van der Waals surface area contributed by atoms with Gasteiger partial charge in [0, 0.05) is 22.7 Å². The quantitative estimate of drug-likeness (QED) is 0.389. The van der Waals surface area contributed by atoms with Gasteiger partial charge in [-0.15, -0.1) is 0 Å². The molecule has 2 fully saturated rings. The van der Waals surface area contributed by atoms with E-state index >= 15 is 0 Å². The molecular weight excluding hydrogens is 480 g/mol. The molecule has 2 aliphatic rings. The van der Waals surface area contributed by atoms with Crippen molar-refractivity contribution >= 4 is 46.4 Å². The van der Waals surface area contributed by atoms with Gasteiger partial charge in [-0.2, -0.15) is 0 Å². The van der Waals surface area contributed by atoms with Crippen LogP contribution in [0.15, 0.2) is 121 Å². The van der Waals surface area contributed by atoms with Crippen molar-refractivity contribution < 1.29 is 19.2 Å². The summed E-state index contributed by atoms with van der Waals surface area (Å²) in [6, 6.07) is 35.2. The third kappa shape index (κ3) is 3.62. The zero-order chi connectivity index (χ0) is 26.2. The molecule has 0 N–H and O–H groups in total. The molecule has 38 heavy (non-hydrogen) atoms. The Morgan fingerprint density at radius 3 is 0.684 bits per heavy atom. The monoisotopic (exact) mass is 502 g/mol. The van der Waals surface area contributed by atoms with Crippen molar-refractivity contribution in [1.82, 2.24) is 0 Å². The number of nitrogens with zero attached hydrogens (tertiary/aromatic N) is 4. The molecule has 2 saturated heterocycles. The third-order valence-electron chi connectivity index (χ3n) is 6.70. The summed E-state index contributed by atoms with van der Waals surface area (Å²) in [4.78, 5) is 60.0. The number of anilines is 4. The van der Waals surface area contributed by atoms with Crippen molar-refractivity contribution in [2.75, 3.05) is 19.6 Å². The van der Waals surface area contributed by atoms with E-state index in [4.69, 9.17) is 0 Å². The van der Waals surface area contributed by atoms with Crippen LogP contribution in [-0.4, -0.2) is 36.0 Å². The van der Waals surface area contributed by atoms with E-state index in [1.165, 1.54) is 19.6 Å². The van der Waals surface area contributed by atoms with Gasteiger partial charge in [0.25, 0.3) is 0 Å². The second kappa shape index (κ2) is 9.33. The molecular formula is C30H22N4O4. The minimum atomic E-state index is -1.06. The van der Waals surface area contributed by atoms with Crippen molar-refractivity contribution in [3.05, 3.63) is 121 Å². The van der Waals surface area contributed by atoms with Crippen LogP contribution < -0.4 is 19.6 Å². The molecule has 2 aliphatic heterocycles. The predicted molar refractivity (Wildman–Crippen MR) is 143 cm³/mol. The third-order valence-corrected chi connectivity index (χ3v) is 6.70. The molecule has 4 aromatic carbocycles. The standard InChI is InChI=1S/C30H22N4O4/c35-27-28(36)32(22-15-7-2-8-16-22)25(31(27)21-13-5-1-6-14-21)26-33(23-17-9-3-10-18-23)29(37)30(38)34(26)24-19-11-4-12-20-24/h1-20,25-26H. The van der Waals surface area contributed by atoms with Gasteiger partial charge in [-0.25, -0.2) is 0 Å². The van der Waals surface area contributed by atoms with Gasteiger partial charge < -0.3 is 0 Å². The fourth-order valence-electron chi connectivity index (χ4n) is 5.09. The molecule has 8 heteroatoms. The maximum atomic E-state index is 13.6. The summed E-state index contributed by atoms with van der Waals surface area (Å²) in [6.45, 7) is 0. The highest BCUT2D eigenvalue weighted by atomic mass is 16.2. The zero-order valence-corrected chi connectivity index (χ0v) is 20.1. The lowest BCUT2D eigenvalue weighted by Gasteiger charge is -2.40. The van der Waals surface area contributed by atoms with Gasteiger partial charge >= 0.3 is 23.6 Å². The molecule has 4 aromatic rings. The smallest absolute Gasteiger partial charge is 0.279 e. The summed E-state index contributed by atoms with van der Waals surface area (Å²) in [5, 5.41) is 0. The van der Waals surface area contributed by atoms with E-state index in [0.717, 1.165) is 0 Å². The molecule has 2 heterocycles. The van der Waals surface area contributed by atoms with Crippen molar-refractivity contribution in [2.24, 2.45) is 0 Å². The Bertz CT molecular complexity index is 1280. The van der Waals surface area contributed by atoms with Crippen LogP contribution in [0.1, 0.15) is 0 Å². The number of hydrogen-bond acceptors (Lipinski definition) is 4. The van der Waals surface area contributed by atoms with Gasteiger partial charge in [-0.3, -0.25) is 38.8 Å².